The van der Waals surface area contributed by atoms with Gasteiger partial charge in [0.05, 0.1) is 14.2 Å². The SMILES string of the molecule is COc1ccc(-c2noc(CCC(=O)Nc3ccccc3)n2)cc1OC. The van der Waals surface area contributed by atoms with Crippen molar-refractivity contribution in [3.8, 4) is 22.9 Å². The Labute approximate surface area is 150 Å². The van der Waals surface area contributed by atoms with Crippen molar-refractivity contribution in [1.82, 2.24) is 10.1 Å². The fourth-order valence-electron chi connectivity index (χ4n) is 2.41. The first-order chi connectivity index (χ1) is 12.7. The molecule has 0 aliphatic carbocycles. The van der Waals surface area contributed by atoms with Crippen LogP contribution in [-0.2, 0) is 11.2 Å². The van der Waals surface area contributed by atoms with Gasteiger partial charge in [-0.05, 0) is 30.3 Å². The number of aryl methyl sites for hydroxylation is 1. The minimum Gasteiger partial charge on any atom is -0.493 e. The molecule has 3 aromatic rings. The number of hydrogen-bond donors (Lipinski definition) is 1. The van der Waals surface area contributed by atoms with Crippen molar-refractivity contribution >= 4 is 11.6 Å². The summed E-state index contributed by atoms with van der Waals surface area (Å²) >= 11 is 0. The molecule has 0 saturated heterocycles. The van der Waals surface area contributed by atoms with Gasteiger partial charge in [0.15, 0.2) is 11.5 Å². The van der Waals surface area contributed by atoms with Crippen LogP contribution in [0.4, 0.5) is 5.69 Å². The zero-order chi connectivity index (χ0) is 18.4. The van der Waals surface area contributed by atoms with Crippen molar-refractivity contribution in [2.24, 2.45) is 0 Å². The fourth-order valence-corrected chi connectivity index (χ4v) is 2.41. The second kappa shape index (κ2) is 8.15. The summed E-state index contributed by atoms with van der Waals surface area (Å²) in [5, 5.41) is 6.78. The normalized spacial score (nSPS) is 10.4. The molecule has 2 aromatic carbocycles. The lowest BCUT2D eigenvalue weighted by Crippen LogP contribution is -2.12. The van der Waals surface area contributed by atoms with E-state index in [9.17, 15) is 4.79 Å². The molecule has 134 valence electrons. The number of anilines is 1. The van der Waals surface area contributed by atoms with Gasteiger partial charge in [-0.3, -0.25) is 4.79 Å². The molecule has 1 N–H and O–H groups in total. The molecule has 7 nitrogen and oxygen atoms in total. The Kier molecular flexibility index (Phi) is 5.48. The predicted octanol–water partition coefficient (Wildman–Crippen LogP) is 3.33. The third kappa shape index (κ3) is 4.18. The third-order valence-corrected chi connectivity index (χ3v) is 3.73. The number of carbonyl (C=O) groups excluding carboxylic acids is 1. The lowest BCUT2D eigenvalue weighted by atomic mass is 10.2. The molecule has 26 heavy (non-hydrogen) atoms. The van der Waals surface area contributed by atoms with E-state index in [4.69, 9.17) is 14.0 Å². The van der Waals surface area contributed by atoms with Crippen LogP contribution >= 0.6 is 0 Å². The smallest absolute Gasteiger partial charge is 0.227 e. The molecular formula is C19H19N3O4. The Morgan fingerprint density at radius 1 is 1.08 bits per heavy atom. The Balaban J connectivity index is 1.62. The molecule has 0 radical (unpaired) electrons. The van der Waals surface area contributed by atoms with E-state index in [1.165, 1.54) is 0 Å². The average molecular weight is 353 g/mol. The monoisotopic (exact) mass is 353 g/mol. The number of para-hydroxylation sites is 1. The average Bonchev–Trinajstić information content (AvgIpc) is 3.15. The summed E-state index contributed by atoms with van der Waals surface area (Å²) < 4.78 is 15.7. The Morgan fingerprint density at radius 3 is 2.58 bits per heavy atom. The molecule has 3 rings (SSSR count). The topological polar surface area (TPSA) is 86.5 Å². The Hall–Kier alpha value is -3.35. The standard InChI is InChI=1S/C19H19N3O4/c1-24-15-9-8-13(12-16(15)25-2)19-21-18(26-22-19)11-10-17(23)20-14-6-4-3-5-7-14/h3-9,12H,10-11H2,1-2H3,(H,20,23). The second-order valence-corrected chi connectivity index (χ2v) is 5.50. The van der Waals surface area contributed by atoms with E-state index in [0.717, 1.165) is 11.3 Å². The second-order valence-electron chi connectivity index (χ2n) is 5.50. The Bertz CT molecular complexity index is 878. The lowest BCUT2D eigenvalue weighted by Gasteiger charge is -2.07. The summed E-state index contributed by atoms with van der Waals surface area (Å²) in [5.74, 6) is 1.93. The van der Waals surface area contributed by atoms with Crippen molar-refractivity contribution in [3.63, 3.8) is 0 Å². The van der Waals surface area contributed by atoms with Crippen LogP contribution in [0.1, 0.15) is 12.3 Å². The van der Waals surface area contributed by atoms with Crippen LogP contribution < -0.4 is 14.8 Å². The van der Waals surface area contributed by atoms with E-state index in [2.05, 4.69) is 15.5 Å². The van der Waals surface area contributed by atoms with Crippen LogP contribution in [-0.4, -0.2) is 30.3 Å². The molecule has 0 aliphatic rings. The molecular weight excluding hydrogens is 334 g/mol. The summed E-state index contributed by atoms with van der Waals surface area (Å²) in [6.45, 7) is 0. The molecule has 1 aromatic heterocycles. The number of amides is 1. The number of hydrogen-bond acceptors (Lipinski definition) is 6. The molecule has 0 atom stereocenters. The molecule has 0 fully saturated rings. The maximum Gasteiger partial charge on any atom is 0.227 e. The lowest BCUT2D eigenvalue weighted by molar-refractivity contribution is -0.116. The highest BCUT2D eigenvalue weighted by Crippen LogP contribution is 2.31. The van der Waals surface area contributed by atoms with Crippen LogP contribution in [0.25, 0.3) is 11.4 Å². The largest absolute Gasteiger partial charge is 0.493 e. The maximum absolute atomic E-state index is 12.0. The highest BCUT2D eigenvalue weighted by atomic mass is 16.5. The number of ether oxygens (including phenoxy) is 2. The van der Waals surface area contributed by atoms with Crippen LogP contribution in [0.5, 0.6) is 11.5 Å². The van der Waals surface area contributed by atoms with E-state index in [0.29, 0.717) is 29.6 Å². The number of nitrogens with one attached hydrogen (secondary N) is 1. The molecule has 0 aliphatic heterocycles. The van der Waals surface area contributed by atoms with E-state index in [1.807, 2.05) is 36.4 Å². The number of carbonyl (C=O) groups is 1. The van der Waals surface area contributed by atoms with Gasteiger partial charge in [0, 0.05) is 24.1 Å². The molecule has 1 heterocycles. The first-order valence-electron chi connectivity index (χ1n) is 8.09. The van der Waals surface area contributed by atoms with Gasteiger partial charge in [-0.25, -0.2) is 0 Å². The van der Waals surface area contributed by atoms with Gasteiger partial charge in [-0.15, -0.1) is 0 Å². The van der Waals surface area contributed by atoms with Crippen molar-refractivity contribution in [2.75, 3.05) is 19.5 Å². The Morgan fingerprint density at radius 2 is 1.85 bits per heavy atom. The van der Waals surface area contributed by atoms with Gasteiger partial charge in [-0.2, -0.15) is 4.98 Å². The number of aromatic nitrogens is 2. The number of rotatable bonds is 7. The maximum atomic E-state index is 12.0. The predicted molar refractivity (Wildman–Crippen MR) is 96.2 cm³/mol. The molecule has 7 heteroatoms. The van der Waals surface area contributed by atoms with Crippen LogP contribution in [0.15, 0.2) is 53.1 Å². The number of benzene rings is 2. The minimum absolute atomic E-state index is 0.109. The summed E-state index contributed by atoms with van der Waals surface area (Å²) in [5.41, 5.74) is 1.50. The van der Waals surface area contributed by atoms with Gasteiger partial charge >= 0.3 is 0 Å². The summed E-state index contributed by atoms with van der Waals surface area (Å²) in [6, 6.07) is 14.7. The van der Waals surface area contributed by atoms with Crippen LogP contribution in [0, 0.1) is 0 Å². The number of nitrogens with zero attached hydrogens (tertiary/aromatic N) is 2. The summed E-state index contributed by atoms with van der Waals surface area (Å²) in [6.07, 6.45) is 0.613. The third-order valence-electron chi connectivity index (χ3n) is 3.73. The molecule has 1 amide bonds. The first-order valence-corrected chi connectivity index (χ1v) is 8.09. The van der Waals surface area contributed by atoms with E-state index in [-0.39, 0.29) is 12.3 Å². The quantitative estimate of drug-likeness (QED) is 0.701. The van der Waals surface area contributed by atoms with Crippen LogP contribution in [0.2, 0.25) is 0 Å². The van der Waals surface area contributed by atoms with Crippen molar-refractivity contribution in [2.45, 2.75) is 12.8 Å². The van der Waals surface area contributed by atoms with E-state index < -0.39 is 0 Å². The molecule has 0 unspecified atom stereocenters. The molecule has 0 spiro atoms. The van der Waals surface area contributed by atoms with E-state index >= 15 is 0 Å². The summed E-state index contributed by atoms with van der Waals surface area (Å²) in [7, 11) is 3.14. The van der Waals surface area contributed by atoms with Crippen molar-refractivity contribution < 1.29 is 18.8 Å². The molecule has 0 bridgehead atoms. The summed E-state index contributed by atoms with van der Waals surface area (Å²) in [4.78, 5) is 16.3. The van der Waals surface area contributed by atoms with Gasteiger partial charge in [0.25, 0.3) is 0 Å². The van der Waals surface area contributed by atoms with Gasteiger partial charge in [-0.1, -0.05) is 23.4 Å². The zero-order valence-electron chi connectivity index (χ0n) is 14.6. The highest BCUT2D eigenvalue weighted by molar-refractivity contribution is 5.90. The van der Waals surface area contributed by atoms with Gasteiger partial charge in [0.2, 0.25) is 17.6 Å². The molecule has 0 saturated carbocycles. The fraction of sp³-hybridized carbons (Fsp3) is 0.211. The van der Waals surface area contributed by atoms with Crippen molar-refractivity contribution in [1.29, 1.82) is 0 Å². The van der Waals surface area contributed by atoms with Gasteiger partial charge < -0.3 is 19.3 Å². The number of methoxy groups -OCH3 is 2. The minimum atomic E-state index is -0.109. The van der Waals surface area contributed by atoms with E-state index in [1.54, 1.807) is 26.4 Å². The highest BCUT2D eigenvalue weighted by Gasteiger charge is 2.13. The van der Waals surface area contributed by atoms with Gasteiger partial charge in [0.1, 0.15) is 0 Å². The van der Waals surface area contributed by atoms with Crippen LogP contribution in [0.3, 0.4) is 0 Å². The first kappa shape index (κ1) is 17.5. The zero-order valence-corrected chi connectivity index (χ0v) is 14.6. The van der Waals surface area contributed by atoms with Crippen molar-refractivity contribution in [3.05, 3.63) is 54.4 Å².